The molecule has 4 heterocycles. The molecule has 2 N–H and O–H groups in total. The highest BCUT2D eigenvalue weighted by molar-refractivity contribution is 5.99. The summed E-state index contributed by atoms with van der Waals surface area (Å²) in [6.07, 6.45) is 6.53. The number of benzene rings is 1. The van der Waals surface area contributed by atoms with E-state index in [4.69, 9.17) is 4.74 Å². The molecule has 5 rings (SSSR count). The van der Waals surface area contributed by atoms with Crippen molar-refractivity contribution < 1.29 is 9.53 Å². The van der Waals surface area contributed by atoms with Crippen molar-refractivity contribution >= 4 is 33.9 Å². The predicted octanol–water partition coefficient (Wildman–Crippen LogP) is 2.61. The van der Waals surface area contributed by atoms with Crippen LogP contribution in [0.25, 0.3) is 33.2 Å². The van der Waals surface area contributed by atoms with Crippen LogP contribution in [0, 0.1) is 0 Å². The van der Waals surface area contributed by atoms with Gasteiger partial charge in [0.2, 0.25) is 17.7 Å². The van der Waals surface area contributed by atoms with Gasteiger partial charge in [0.15, 0.2) is 0 Å². The van der Waals surface area contributed by atoms with Crippen LogP contribution in [-0.2, 0) is 4.79 Å². The Hall–Kier alpha value is -3.75. The van der Waals surface area contributed by atoms with Gasteiger partial charge in [-0.15, -0.1) is 0 Å². The number of aromatic amines is 1. The first kappa shape index (κ1) is 18.3. The van der Waals surface area contributed by atoms with Crippen molar-refractivity contribution in [1.29, 1.82) is 0 Å². The molecule has 1 aromatic carbocycles. The molecule has 1 aliphatic rings. The Morgan fingerprint density at radius 3 is 2.83 bits per heavy atom. The fourth-order valence-corrected chi connectivity index (χ4v) is 3.88. The lowest BCUT2D eigenvalue weighted by molar-refractivity contribution is -0.132. The maximum atomic E-state index is 11.7. The largest absolute Gasteiger partial charge is 0.480 e. The lowest BCUT2D eigenvalue weighted by Crippen LogP contribution is -2.43. The molecule has 1 atom stereocenters. The molecular formula is C21H21N7O2. The molecule has 4 aromatic rings. The Labute approximate surface area is 172 Å². The molecule has 9 heteroatoms. The van der Waals surface area contributed by atoms with Crippen LogP contribution >= 0.6 is 0 Å². The fraction of sp³-hybridized carbons (Fsp3) is 0.286. The first-order valence-corrected chi connectivity index (χ1v) is 9.77. The number of piperidine rings is 1. The Morgan fingerprint density at radius 2 is 2.03 bits per heavy atom. The van der Waals surface area contributed by atoms with Gasteiger partial charge >= 0.3 is 0 Å². The Morgan fingerprint density at radius 1 is 1.20 bits per heavy atom. The third-order valence-electron chi connectivity index (χ3n) is 5.43. The number of hydrogen-bond donors (Lipinski definition) is 2. The summed E-state index contributed by atoms with van der Waals surface area (Å²) in [5.41, 5.74) is 4.25. The van der Waals surface area contributed by atoms with Crippen molar-refractivity contribution in [1.82, 2.24) is 29.8 Å². The number of likely N-dealkylation sites (tertiary alicyclic amines) is 1. The van der Waals surface area contributed by atoms with Crippen LogP contribution in [0.4, 0.5) is 5.95 Å². The third-order valence-corrected chi connectivity index (χ3v) is 5.43. The second-order valence-corrected chi connectivity index (χ2v) is 7.40. The molecule has 3 aromatic heterocycles. The first-order valence-electron chi connectivity index (χ1n) is 9.77. The Balaban J connectivity index is 1.52. The predicted molar refractivity (Wildman–Crippen MR) is 113 cm³/mol. The Kier molecular flexibility index (Phi) is 4.42. The second-order valence-electron chi connectivity index (χ2n) is 7.40. The molecule has 1 amide bonds. The summed E-state index contributed by atoms with van der Waals surface area (Å²) in [6, 6.07) is 6.04. The molecule has 0 radical (unpaired) electrons. The molecule has 0 saturated carbocycles. The fourth-order valence-electron chi connectivity index (χ4n) is 3.88. The van der Waals surface area contributed by atoms with Gasteiger partial charge in [-0.3, -0.25) is 14.8 Å². The van der Waals surface area contributed by atoms with Crippen LogP contribution < -0.4 is 10.1 Å². The van der Waals surface area contributed by atoms with E-state index >= 15 is 0 Å². The minimum Gasteiger partial charge on any atom is -0.480 e. The number of methoxy groups -OCH3 is 1. The molecule has 1 saturated heterocycles. The number of H-pyrrole nitrogens is 1. The van der Waals surface area contributed by atoms with E-state index in [0.29, 0.717) is 30.4 Å². The monoisotopic (exact) mass is 403 g/mol. The number of carbonyl (C=O) groups excluding carboxylic acids is 1. The van der Waals surface area contributed by atoms with E-state index in [-0.39, 0.29) is 11.9 Å². The molecule has 1 aliphatic heterocycles. The maximum absolute atomic E-state index is 11.7. The van der Waals surface area contributed by atoms with Gasteiger partial charge in [0, 0.05) is 50.2 Å². The molecule has 152 valence electrons. The summed E-state index contributed by atoms with van der Waals surface area (Å²) < 4.78 is 5.60. The van der Waals surface area contributed by atoms with Crippen molar-refractivity contribution in [3.05, 3.63) is 36.8 Å². The summed E-state index contributed by atoms with van der Waals surface area (Å²) in [5, 5.41) is 4.15. The summed E-state index contributed by atoms with van der Waals surface area (Å²) in [6.45, 7) is 0.622. The van der Waals surface area contributed by atoms with Gasteiger partial charge in [0.05, 0.1) is 23.5 Å². The minimum atomic E-state index is 0.100. The van der Waals surface area contributed by atoms with Crippen LogP contribution in [-0.4, -0.2) is 62.5 Å². The molecule has 1 unspecified atom stereocenters. The van der Waals surface area contributed by atoms with Gasteiger partial charge in [-0.25, -0.2) is 0 Å². The molecule has 0 spiro atoms. The third kappa shape index (κ3) is 3.18. The van der Waals surface area contributed by atoms with Crippen molar-refractivity contribution in [2.45, 2.75) is 18.9 Å². The first-order chi connectivity index (χ1) is 14.6. The van der Waals surface area contributed by atoms with Gasteiger partial charge in [0.1, 0.15) is 5.65 Å². The number of carbonyl (C=O) groups is 1. The van der Waals surface area contributed by atoms with Gasteiger partial charge < -0.3 is 19.9 Å². The normalized spacial score (nSPS) is 16.9. The average Bonchev–Trinajstić information content (AvgIpc) is 3.19. The van der Waals surface area contributed by atoms with Crippen LogP contribution in [0.1, 0.15) is 12.8 Å². The molecule has 9 nitrogen and oxygen atoms in total. The number of fused-ring (bicyclic) bond motifs is 2. The van der Waals surface area contributed by atoms with E-state index < -0.39 is 0 Å². The van der Waals surface area contributed by atoms with Gasteiger partial charge in [-0.1, -0.05) is 6.07 Å². The number of amides is 1. The smallest absolute Gasteiger partial charge is 0.228 e. The zero-order valence-electron chi connectivity index (χ0n) is 16.7. The van der Waals surface area contributed by atoms with E-state index in [2.05, 4.69) is 30.2 Å². The number of nitrogens with zero attached hydrogens (tertiary/aromatic N) is 5. The van der Waals surface area contributed by atoms with E-state index in [1.807, 2.05) is 31.4 Å². The van der Waals surface area contributed by atoms with E-state index in [1.54, 1.807) is 24.4 Å². The van der Waals surface area contributed by atoms with Crippen LogP contribution in [0.2, 0.25) is 0 Å². The van der Waals surface area contributed by atoms with E-state index in [0.717, 1.165) is 34.0 Å². The molecule has 1 fully saturated rings. The molecule has 0 aliphatic carbocycles. The quantitative estimate of drug-likeness (QED) is 0.539. The number of anilines is 1. The SMILES string of the molecule is COc1nc(NC2CCC(=O)N(C)C2)nc2[nH]cc(-c3ccc4nccnc4c3)c12. The number of rotatable bonds is 4. The zero-order chi connectivity index (χ0) is 20.7. The molecular weight excluding hydrogens is 382 g/mol. The van der Waals surface area contributed by atoms with Gasteiger partial charge in [-0.2, -0.15) is 9.97 Å². The summed E-state index contributed by atoms with van der Waals surface area (Å²) in [5.74, 6) is 1.12. The minimum absolute atomic E-state index is 0.100. The van der Waals surface area contributed by atoms with Crippen molar-refractivity contribution in [2.75, 3.05) is 26.0 Å². The second kappa shape index (κ2) is 7.25. The highest BCUT2D eigenvalue weighted by Crippen LogP contribution is 2.35. The van der Waals surface area contributed by atoms with Crippen LogP contribution in [0.3, 0.4) is 0 Å². The molecule has 0 bridgehead atoms. The van der Waals surface area contributed by atoms with E-state index in [1.165, 1.54) is 0 Å². The van der Waals surface area contributed by atoms with E-state index in [9.17, 15) is 4.79 Å². The highest BCUT2D eigenvalue weighted by Gasteiger charge is 2.24. The molecule has 30 heavy (non-hydrogen) atoms. The van der Waals surface area contributed by atoms with Gasteiger partial charge in [-0.05, 0) is 24.1 Å². The lowest BCUT2D eigenvalue weighted by atomic mass is 10.1. The van der Waals surface area contributed by atoms with Crippen LogP contribution in [0.15, 0.2) is 36.8 Å². The summed E-state index contributed by atoms with van der Waals surface area (Å²) >= 11 is 0. The number of likely N-dealkylation sites (N-methyl/N-ethyl adjacent to an activating group) is 1. The lowest BCUT2D eigenvalue weighted by Gasteiger charge is -2.30. The zero-order valence-corrected chi connectivity index (χ0v) is 16.7. The number of ether oxygens (including phenoxy) is 1. The maximum Gasteiger partial charge on any atom is 0.228 e. The number of aromatic nitrogens is 5. The average molecular weight is 403 g/mol. The van der Waals surface area contributed by atoms with Crippen molar-refractivity contribution in [3.8, 4) is 17.0 Å². The van der Waals surface area contributed by atoms with Crippen molar-refractivity contribution in [2.24, 2.45) is 0 Å². The Bertz CT molecular complexity index is 1250. The summed E-state index contributed by atoms with van der Waals surface area (Å²) in [7, 11) is 3.41. The topological polar surface area (TPSA) is 109 Å². The number of hydrogen-bond acceptors (Lipinski definition) is 7. The standard InChI is InChI=1S/C21H21N7O2/c1-28-11-13(4-6-17(28)29)25-21-26-19-18(20(27-21)30-2)14(10-24-19)12-3-5-15-16(9-12)23-8-7-22-15/h3,5,7-10,13H,4,6,11H2,1-2H3,(H2,24,25,26,27). The van der Waals surface area contributed by atoms with Crippen LogP contribution in [0.5, 0.6) is 5.88 Å². The highest BCUT2D eigenvalue weighted by atomic mass is 16.5. The summed E-state index contributed by atoms with van der Waals surface area (Å²) in [4.78, 5) is 34.6. The van der Waals surface area contributed by atoms with Gasteiger partial charge in [0.25, 0.3) is 0 Å². The van der Waals surface area contributed by atoms with Crippen molar-refractivity contribution in [3.63, 3.8) is 0 Å². The number of nitrogens with one attached hydrogen (secondary N) is 2.